The first-order valence-corrected chi connectivity index (χ1v) is 7.38. The number of hydrogen-bond acceptors (Lipinski definition) is 6. The molecule has 0 unspecified atom stereocenters. The van der Waals surface area contributed by atoms with E-state index in [1.165, 1.54) is 0 Å². The van der Waals surface area contributed by atoms with E-state index >= 15 is 0 Å². The van der Waals surface area contributed by atoms with Crippen molar-refractivity contribution in [3.63, 3.8) is 0 Å². The number of aromatic nitrogens is 2. The van der Waals surface area contributed by atoms with E-state index in [0.717, 1.165) is 57.1 Å². The Balaban J connectivity index is 2.09. The normalized spacial score (nSPS) is 17.1. The molecule has 0 atom stereocenters. The number of rotatable bonds is 5. The van der Waals surface area contributed by atoms with E-state index in [9.17, 15) is 0 Å². The van der Waals surface area contributed by atoms with Gasteiger partial charge in [0.25, 0.3) is 0 Å². The van der Waals surface area contributed by atoms with Gasteiger partial charge in [0.05, 0.1) is 12.2 Å². The van der Waals surface area contributed by atoms with Gasteiger partial charge in [-0.05, 0) is 26.8 Å². The van der Waals surface area contributed by atoms with Crippen LogP contribution in [0.5, 0.6) is 5.88 Å². The third kappa shape index (κ3) is 3.58. The van der Waals surface area contributed by atoms with Gasteiger partial charge in [-0.2, -0.15) is 0 Å². The predicted octanol–water partition coefficient (Wildman–Crippen LogP) is 0.655. The van der Waals surface area contributed by atoms with Crippen molar-refractivity contribution in [3.05, 3.63) is 11.9 Å². The Labute approximate surface area is 120 Å². The molecule has 2 heterocycles. The Morgan fingerprint density at radius 1 is 1.25 bits per heavy atom. The zero-order chi connectivity index (χ0) is 14.4. The lowest BCUT2D eigenvalue weighted by Crippen LogP contribution is -2.34. The van der Waals surface area contributed by atoms with Gasteiger partial charge in [0, 0.05) is 32.7 Å². The number of nitrogens with two attached hydrogens (primary N) is 1. The van der Waals surface area contributed by atoms with Gasteiger partial charge in [-0.15, -0.1) is 0 Å². The van der Waals surface area contributed by atoms with Crippen molar-refractivity contribution in [3.8, 4) is 5.88 Å². The molecule has 6 heteroatoms. The molecule has 0 saturated carbocycles. The fourth-order valence-corrected chi connectivity index (χ4v) is 2.62. The van der Waals surface area contributed by atoms with Crippen molar-refractivity contribution in [2.45, 2.75) is 20.3 Å². The second-order valence-electron chi connectivity index (χ2n) is 5.03. The van der Waals surface area contributed by atoms with Gasteiger partial charge in [0.2, 0.25) is 5.88 Å². The lowest BCUT2D eigenvalue weighted by atomic mass is 10.3. The van der Waals surface area contributed by atoms with Crippen LogP contribution in [0.1, 0.15) is 18.9 Å². The summed E-state index contributed by atoms with van der Waals surface area (Å²) >= 11 is 0. The van der Waals surface area contributed by atoms with Crippen LogP contribution in [0.3, 0.4) is 0 Å². The second-order valence-corrected chi connectivity index (χ2v) is 5.03. The quantitative estimate of drug-likeness (QED) is 0.854. The Morgan fingerprint density at radius 2 is 2.10 bits per heavy atom. The minimum Gasteiger partial charge on any atom is -0.478 e. The summed E-state index contributed by atoms with van der Waals surface area (Å²) in [4.78, 5) is 13.4. The highest BCUT2D eigenvalue weighted by molar-refractivity contribution is 5.50. The second kappa shape index (κ2) is 7.40. The molecule has 112 valence electrons. The fraction of sp³-hybridized carbons (Fsp3) is 0.714. The van der Waals surface area contributed by atoms with Gasteiger partial charge in [-0.3, -0.25) is 0 Å². The monoisotopic (exact) mass is 279 g/mol. The summed E-state index contributed by atoms with van der Waals surface area (Å²) in [6.07, 6.45) is 2.73. The third-order valence-electron chi connectivity index (χ3n) is 3.63. The lowest BCUT2D eigenvalue weighted by Gasteiger charge is -2.24. The molecular weight excluding hydrogens is 254 g/mol. The van der Waals surface area contributed by atoms with Gasteiger partial charge in [0.15, 0.2) is 0 Å². The maximum Gasteiger partial charge on any atom is 0.221 e. The van der Waals surface area contributed by atoms with Crippen LogP contribution in [0.4, 0.5) is 5.82 Å². The molecule has 1 fully saturated rings. The van der Waals surface area contributed by atoms with E-state index < -0.39 is 0 Å². The van der Waals surface area contributed by atoms with Crippen LogP contribution in [0.25, 0.3) is 0 Å². The van der Waals surface area contributed by atoms with E-state index in [1.807, 2.05) is 13.8 Å². The summed E-state index contributed by atoms with van der Waals surface area (Å²) in [6.45, 7) is 10.5. The minimum absolute atomic E-state index is 0.627. The average molecular weight is 279 g/mol. The number of anilines is 1. The van der Waals surface area contributed by atoms with Crippen molar-refractivity contribution < 1.29 is 4.74 Å². The maximum atomic E-state index is 5.64. The van der Waals surface area contributed by atoms with E-state index in [2.05, 4.69) is 19.8 Å². The maximum absolute atomic E-state index is 5.64. The van der Waals surface area contributed by atoms with Gasteiger partial charge in [-0.1, -0.05) is 0 Å². The zero-order valence-electron chi connectivity index (χ0n) is 12.5. The van der Waals surface area contributed by atoms with Crippen LogP contribution in [-0.2, 0) is 0 Å². The molecule has 1 aromatic rings. The van der Waals surface area contributed by atoms with Crippen molar-refractivity contribution in [2.24, 2.45) is 5.73 Å². The van der Waals surface area contributed by atoms with E-state index in [1.54, 1.807) is 6.33 Å². The Kier molecular flexibility index (Phi) is 5.55. The first kappa shape index (κ1) is 15.0. The molecule has 0 bridgehead atoms. The van der Waals surface area contributed by atoms with Crippen LogP contribution in [0, 0.1) is 6.92 Å². The molecule has 0 aromatic carbocycles. The van der Waals surface area contributed by atoms with Crippen LogP contribution >= 0.6 is 0 Å². The molecule has 1 aromatic heterocycles. The third-order valence-corrected chi connectivity index (χ3v) is 3.63. The summed E-state index contributed by atoms with van der Waals surface area (Å²) in [7, 11) is 0. The van der Waals surface area contributed by atoms with E-state index in [4.69, 9.17) is 10.5 Å². The Bertz CT molecular complexity index is 426. The standard InChI is InChI=1S/C14H25N5O/c1-3-20-14-12(2)13(16-11-17-14)19-7-4-6-18(8-5-15)9-10-19/h11H,3-10,15H2,1-2H3. The van der Waals surface area contributed by atoms with E-state index in [-0.39, 0.29) is 0 Å². The highest BCUT2D eigenvalue weighted by Gasteiger charge is 2.18. The molecular formula is C14H25N5O. The van der Waals surface area contributed by atoms with Gasteiger partial charge in [0.1, 0.15) is 12.1 Å². The van der Waals surface area contributed by atoms with Crippen LogP contribution in [-0.4, -0.2) is 60.7 Å². The minimum atomic E-state index is 0.627. The summed E-state index contributed by atoms with van der Waals surface area (Å²) in [6, 6.07) is 0. The highest BCUT2D eigenvalue weighted by atomic mass is 16.5. The first-order chi connectivity index (χ1) is 9.76. The molecule has 6 nitrogen and oxygen atoms in total. The van der Waals surface area contributed by atoms with E-state index in [0.29, 0.717) is 12.5 Å². The van der Waals surface area contributed by atoms with Crippen molar-refractivity contribution in [1.82, 2.24) is 14.9 Å². The molecule has 1 saturated heterocycles. The van der Waals surface area contributed by atoms with Crippen LogP contribution < -0.4 is 15.4 Å². The summed E-state index contributed by atoms with van der Waals surface area (Å²) < 4.78 is 5.55. The molecule has 2 N–H and O–H groups in total. The van der Waals surface area contributed by atoms with Gasteiger partial charge >= 0.3 is 0 Å². The van der Waals surface area contributed by atoms with Crippen molar-refractivity contribution in [1.29, 1.82) is 0 Å². The van der Waals surface area contributed by atoms with Crippen LogP contribution in [0.2, 0.25) is 0 Å². The predicted molar refractivity (Wildman–Crippen MR) is 80.3 cm³/mol. The lowest BCUT2D eigenvalue weighted by molar-refractivity contribution is 0.302. The largest absolute Gasteiger partial charge is 0.478 e. The number of nitrogens with zero attached hydrogens (tertiary/aromatic N) is 4. The highest BCUT2D eigenvalue weighted by Crippen LogP contribution is 2.24. The van der Waals surface area contributed by atoms with Crippen molar-refractivity contribution >= 4 is 5.82 Å². The summed E-state index contributed by atoms with van der Waals surface area (Å²) in [5.74, 6) is 1.69. The molecule has 0 amide bonds. The molecule has 0 radical (unpaired) electrons. The van der Waals surface area contributed by atoms with Crippen LogP contribution in [0.15, 0.2) is 6.33 Å². The topological polar surface area (TPSA) is 67.5 Å². The molecule has 0 spiro atoms. The zero-order valence-corrected chi connectivity index (χ0v) is 12.5. The average Bonchev–Trinajstić information content (AvgIpc) is 2.68. The molecule has 20 heavy (non-hydrogen) atoms. The first-order valence-electron chi connectivity index (χ1n) is 7.38. The number of hydrogen-bond donors (Lipinski definition) is 1. The van der Waals surface area contributed by atoms with Gasteiger partial charge in [-0.25, -0.2) is 9.97 Å². The molecule has 1 aliphatic rings. The smallest absolute Gasteiger partial charge is 0.221 e. The summed E-state index contributed by atoms with van der Waals surface area (Å²) in [5, 5.41) is 0. The fourth-order valence-electron chi connectivity index (χ4n) is 2.62. The molecule has 1 aliphatic heterocycles. The molecule has 2 rings (SSSR count). The SMILES string of the molecule is CCOc1ncnc(N2CCCN(CCN)CC2)c1C. The Morgan fingerprint density at radius 3 is 2.85 bits per heavy atom. The Hall–Kier alpha value is -1.40. The van der Waals surface area contributed by atoms with Gasteiger partial charge < -0.3 is 20.3 Å². The number of ether oxygens (including phenoxy) is 1. The van der Waals surface area contributed by atoms with Crippen molar-refractivity contribution in [2.75, 3.05) is 50.8 Å². The molecule has 0 aliphatic carbocycles. The summed E-state index contributed by atoms with van der Waals surface area (Å²) in [5.41, 5.74) is 6.67.